The molecule has 1 aliphatic carbocycles. The average molecular weight is 204 g/mol. The average Bonchev–Trinajstić information content (AvgIpc) is 2.16. The minimum atomic E-state index is 0.216. The molecule has 1 rings (SSSR count). The summed E-state index contributed by atoms with van der Waals surface area (Å²) in [6.45, 7) is 18.9. The zero-order valence-corrected chi connectivity index (χ0v) is 10.5. The first kappa shape index (κ1) is 12.3. The topological polar surface area (TPSA) is 0 Å². The molecule has 0 spiro atoms. The molecule has 0 heteroatoms. The predicted octanol–water partition coefficient (Wildman–Crippen LogP) is 4.75. The molecule has 0 saturated heterocycles. The fraction of sp³-hybridized carbons (Fsp3) is 0.600. The lowest BCUT2D eigenvalue weighted by atomic mass is 9.59. The Kier molecular flexibility index (Phi) is 3.59. The van der Waals surface area contributed by atoms with Gasteiger partial charge in [0.15, 0.2) is 0 Å². The van der Waals surface area contributed by atoms with Crippen LogP contribution in [-0.4, -0.2) is 0 Å². The molecule has 0 aromatic carbocycles. The van der Waals surface area contributed by atoms with Gasteiger partial charge in [0.1, 0.15) is 0 Å². The molecule has 0 radical (unpaired) electrons. The first-order valence-corrected chi connectivity index (χ1v) is 5.87. The van der Waals surface area contributed by atoms with E-state index in [2.05, 4.69) is 46.6 Å². The van der Waals surface area contributed by atoms with Crippen LogP contribution >= 0.6 is 0 Å². The summed E-state index contributed by atoms with van der Waals surface area (Å²) in [5.41, 5.74) is 2.80. The molecule has 84 valence electrons. The highest BCUT2D eigenvalue weighted by atomic mass is 14.4. The Hall–Kier alpha value is -0.780. The van der Waals surface area contributed by atoms with E-state index >= 15 is 0 Å². The second-order valence-electron chi connectivity index (χ2n) is 5.38. The van der Waals surface area contributed by atoms with E-state index < -0.39 is 0 Å². The van der Waals surface area contributed by atoms with Crippen LogP contribution in [0.2, 0.25) is 0 Å². The zero-order chi connectivity index (χ0) is 11.6. The van der Waals surface area contributed by atoms with Crippen molar-refractivity contribution >= 4 is 0 Å². The van der Waals surface area contributed by atoms with Crippen molar-refractivity contribution in [3.05, 3.63) is 37.0 Å². The Bertz CT molecular complexity index is 284. The Morgan fingerprint density at radius 2 is 1.87 bits per heavy atom. The van der Waals surface area contributed by atoms with Crippen LogP contribution in [0, 0.1) is 17.3 Å². The van der Waals surface area contributed by atoms with Gasteiger partial charge in [-0.2, -0.15) is 0 Å². The molecule has 0 heterocycles. The quantitative estimate of drug-likeness (QED) is 0.582. The molecule has 15 heavy (non-hydrogen) atoms. The molecule has 1 saturated carbocycles. The van der Waals surface area contributed by atoms with Crippen molar-refractivity contribution in [3.63, 3.8) is 0 Å². The highest BCUT2D eigenvalue weighted by Gasteiger charge is 2.40. The zero-order valence-electron chi connectivity index (χ0n) is 10.5. The summed E-state index contributed by atoms with van der Waals surface area (Å²) in [5, 5.41) is 0. The van der Waals surface area contributed by atoms with Gasteiger partial charge in [0.25, 0.3) is 0 Å². The van der Waals surface area contributed by atoms with Crippen LogP contribution in [0.3, 0.4) is 0 Å². The summed E-state index contributed by atoms with van der Waals surface area (Å²) < 4.78 is 0. The second-order valence-corrected chi connectivity index (χ2v) is 5.38. The Morgan fingerprint density at radius 1 is 1.27 bits per heavy atom. The number of hydrogen-bond donors (Lipinski definition) is 0. The van der Waals surface area contributed by atoms with Gasteiger partial charge in [-0.15, -0.1) is 6.58 Å². The van der Waals surface area contributed by atoms with Gasteiger partial charge in [0.2, 0.25) is 0 Å². The molecule has 0 amide bonds. The third-order valence-corrected chi connectivity index (χ3v) is 3.97. The minimum absolute atomic E-state index is 0.216. The highest BCUT2D eigenvalue weighted by Crippen LogP contribution is 2.50. The van der Waals surface area contributed by atoms with Crippen molar-refractivity contribution in [2.45, 2.75) is 40.0 Å². The molecule has 0 bridgehead atoms. The molecule has 0 aromatic heterocycles. The van der Waals surface area contributed by atoms with E-state index in [1.54, 1.807) is 0 Å². The van der Waals surface area contributed by atoms with Gasteiger partial charge in [0, 0.05) is 0 Å². The van der Waals surface area contributed by atoms with Gasteiger partial charge in [0.05, 0.1) is 0 Å². The van der Waals surface area contributed by atoms with Gasteiger partial charge in [-0.1, -0.05) is 43.7 Å². The first-order valence-electron chi connectivity index (χ1n) is 5.87. The van der Waals surface area contributed by atoms with Crippen molar-refractivity contribution in [2.75, 3.05) is 0 Å². The molecule has 1 aliphatic rings. The molecular weight excluding hydrogens is 180 g/mol. The molecule has 3 atom stereocenters. The van der Waals surface area contributed by atoms with Crippen molar-refractivity contribution in [2.24, 2.45) is 17.3 Å². The largest absolute Gasteiger partial charge is 0.103 e. The molecule has 1 fully saturated rings. The maximum Gasteiger partial charge on any atom is -0.00548 e. The summed E-state index contributed by atoms with van der Waals surface area (Å²) >= 11 is 0. The summed E-state index contributed by atoms with van der Waals surface area (Å²) in [6, 6.07) is 0. The molecule has 0 unspecified atom stereocenters. The third-order valence-electron chi connectivity index (χ3n) is 3.97. The number of allylic oxidation sites excluding steroid dienone is 3. The summed E-state index contributed by atoms with van der Waals surface area (Å²) in [6.07, 6.45) is 5.90. The monoisotopic (exact) mass is 204 g/mol. The summed E-state index contributed by atoms with van der Waals surface area (Å²) in [7, 11) is 0. The van der Waals surface area contributed by atoms with Crippen LogP contribution in [-0.2, 0) is 0 Å². The maximum absolute atomic E-state index is 4.17. The Labute approximate surface area is 94.8 Å². The predicted molar refractivity (Wildman–Crippen MR) is 68.8 cm³/mol. The van der Waals surface area contributed by atoms with E-state index in [4.69, 9.17) is 0 Å². The van der Waals surface area contributed by atoms with E-state index in [9.17, 15) is 0 Å². The SMILES string of the molecule is C=C[C@@]1(C)CCC[C@@H](C(=C)C)[C@@H]1C(=C)C. The maximum atomic E-state index is 4.17. The Balaban J connectivity index is 3.06. The fourth-order valence-electron chi connectivity index (χ4n) is 3.15. The van der Waals surface area contributed by atoms with Crippen LogP contribution in [0.15, 0.2) is 37.0 Å². The lowest BCUT2D eigenvalue weighted by Crippen LogP contribution is -2.36. The normalized spacial score (nSPS) is 35.9. The van der Waals surface area contributed by atoms with Crippen molar-refractivity contribution < 1.29 is 0 Å². The van der Waals surface area contributed by atoms with Gasteiger partial charge in [-0.3, -0.25) is 0 Å². The van der Waals surface area contributed by atoms with Gasteiger partial charge in [-0.25, -0.2) is 0 Å². The summed E-state index contributed by atoms with van der Waals surface area (Å²) in [5.74, 6) is 1.13. The fourth-order valence-corrected chi connectivity index (χ4v) is 3.15. The van der Waals surface area contributed by atoms with Crippen LogP contribution in [0.1, 0.15) is 40.0 Å². The standard InChI is InChI=1S/C15H24/c1-7-15(6)10-8-9-13(11(2)3)14(15)12(4)5/h7,13-14H,1-2,4,8-10H2,3,5-6H3/t13-,14-,15-/m0/s1. The molecule has 0 aromatic rings. The number of hydrogen-bond acceptors (Lipinski definition) is 0. The molecular formula is C15H24. The van der Waals surface area contributed by atoms with Crippen LogP contribution < -0.4 is 0 Å². The lowest BCUT2D eigenvalue weighted by Gasteiger charge is -2.45. The smallest absolute Gasteiger partial charge is 0.00548 e. The van der Waals surface area contributed by atoms with Crippen LogP contribution in [0.4, 0.5) is 0 Å². The lowest BCUT2D eigenvalue weighted by molar-refractivity contribution is 0.153. The van der Waals surface area contributed by atoms with E-state index in [0.29, 0.717) is 11.8 Å². The first-order chi connectivity index (χ1) is 6.92. The second kappa shape index (κ2) is 4.38. The van der Waals surface area contributed by atoms with Crippen LogP contribution in [0.5, 0.6) is 0 Å². The molecule has 0 N–H and O–H groups in total. The van der Waals surface area contributed by atoms with Gasteiger partial charge < -0.3 is 0 Å². The molecule has 0 aliphatic heterocycles. The van der Waals surface area contributed by atoms with E-state index in [1.807, 2.05) is 0 Å². The van der Waals surface area contributed by atoms with E-state index in [0.717, 1.165) is 0 Å². The van der Waals surface area contributed by atoms with Crippen LogP contribution in [0.25, 0.3) is 0 Å². The molecule has 0 nitrogen and oxygen atoms in total. The minimum Gasteiger partial charge on any atom is -0.103 e. The van der Waals surface area contributed by atoms with E-state index in [1.165, 1.54) is 30.4 Å². The third kappa shape index (κ3) is 2.25. The van der Waals surface area contributed by atoms with Crippen molar-refractivity contribution in [1.29, 1.82) is 0 Å². The van der Waals surface area contributed by atoms with E-state index in [-0.39, 0.29) is 5.41 Å². The summed E-state index contributed by atoms with van der Waals surface area (Å²) in [4.78, 5) is 0. The van der Waals surface area contributed by atoms with Crippen molar-refractivity contribution in [3.8, 4) is 0 Å². The number of rotatable bonds is 3. The van der Waals surface area contributed by atoms with Crippen molar-refractivity contribution in [1.82, 2.24) is 0 Å². The van der Waals surface area contributed by atoms with Gasteiger partial charge >= 0.3 is 0 Å². The Morgan fingerprint density at radius 3 is 2.27 bits per heavy atom. The van der Waals surface area contributed by atoms with Gasteiger partial charge in [-0.05, 0) is 43.9 Å². The highest BCUT2D eigenvalue weighted by molar-refractivity contribution is 5.18.